The van der Waals surface area contributed by atoms with Gasteiger partial charge in [-0.25, -0.2) is 5.48 Å². The van der Waals surface area contributed by atoms with Crippen molar-refractivity contribution in [3.8, 4) is 0 Å². The van der Waals surface area contributed by atoms with Crippen molar-refractivity contribution in [2.75, 3.05) is 0 Å². The lowest BCUT2D eigenvalue weighted by Gasteiger charge is -1.96. The second kappa shape index (κ2) is 3.51. The van der Waals surface area contributed by atoms with Crippen LogP contribution in [0.5, 0.6) is 0 Å². The van der Waals surface area contributed by atoms with Crippen molar-refractivity contribution in [1.29, 1.82) is 0 Å². The first kappa shape index (κ1) is 8.77. The first-order valence-corrected chi connectivity index (χ1v) is 4.29. The van der Waals surface area contributed by atoms with Crippen molar-refractivity contribution in [3.05, 3.63) is 36.0 Å². The van der Waals surface area contributed by atoms with E-state index in [0.29, 0.717) is 0 Å². The minimum atomic E-state index is -0.408. The molecular weight excluding hydrogens is 180 g/mol. The molecule has 14 heavy (non-hydrogen) atoms. The maximum atomic E-state index is 10.9. The summed E-state index contributed by atoms with van der Waals surface area (Å²) in [5.74, 6) is -0.408. The molecule has 0 radical (unpaired) electrons. The summed E-state index contributed by atoms with van der Waals surface area (Å²) in [6.07, 6.45) is 1.96. The van der Waals surface area contributed by atoms with Gasteiger partial charge in [0.1, 0.15) is 0 Å². The standard InChI is InChI=1S/C10H10N2O2/c13-10(12-14)5-7-6-11-9-4-2-1-3-8(7)9/h1-4,6,11,14H,5H2,(H,12,13). The fourth-order valence-electron chi connectivity index (χ4n) is 1.49. The first-order chi connectivity index (χ1) is 6.81. The fraction of sp³-hybridized carbons (Fsp3) is 0.100. The Kier molecular flexibility index (Phi) is 2.20. The van der Waals surface area contributed by atoms with Crippen molar-refractivity contribution in [3.63, 3.8) is 0 Å². The van der Waals surface area contributed by atoms with E-state index >= 15 is 0 Å². The van der Waals surface area contributed by atoms with Gasteiger partial charge in [-0.1, -0.05) is 18.2 Å². The van der Waals surface area contributed by atoms with E-state index in [1.165, 1.54) is 0 Å². The lowest BCUT2D eigenvalue weighted by atomic mass is 10.1. The molecule has 0 aliphatic rings. The number of hydroxylamine groups is 1. The minimum absolute atomic E-state index is 0.181. The second-order valence-corrected chi connectivity index (χ2v) is 3.07. The predicted octanol–water partition coefficient (Wildman–Crippen LogP) is 1.22. The SMILES string of the molecule is O=C(Cc1c[nH]c2ccccc12)NO. The van der Waals surface area contributed by atoms with Gasteiger partial charge in [0.2, 0.25) is 5.91 Å². The lowest BCUT2D eigenvalue weighted by Crippen LogP contribution is -2.20. The third-order valence-corrected chi connectivity index (χ3v) is 2.15. The molecule has 0 unspecified atom stereocenters. The van der Waals surface area contributed by atoms with Crippen LogP contribution in [0.15, 0.2) is 30.5 Å². The van der Waals surface area contributed by atoms with Crippen LogP contribution in [0.25, 0.3) is 10.9 Å². The number of fused-ring (bicyclic) bond motifs is 1. The maximum Gasteiger partial charge on any atom is 0.247 e. The number of aromatic amines is 1. The number of hydrogen-bond acceptors (Lipinski definition) is 2. The number of amides is 1. The quantitative estimate of drug-likeness (QED) is 0.492. The zero-order chi connectivity index (χ0) is 9.97. The van der Waals surface area contributed by atoms with Crippen LogP contribution in [0, 0.1) is 0 Å². The van der Waals surface area contributed by atoms with Gasteiger partial charge in [-0.2, -0.15) is 0 Å². The smallest absolute Gasteiger partial charge is 0.247 e. The summed E-state index contributed by atoms with van der Waals surface area (Å²) in [6.45, 7) is 0. The van der Waals surface area contributed by atoms with Crippen molar-refractivity contribution in [2.45, 2.75) is 6.42 Å². The average molecular weight is 190 g/mol. The zero-order valence-corrected chi connectivity index (χ0v) is 7.45. The van der Waals surface area contributed by atoms with E-state index in [1.54, 1.807) is 11.7 Å². The van der Waals surface area contributed by atoms with E-state index in [0.717, 1.165) is 16.5 Å². The van der Waals surface area contributed by atoms with Crippen LogP contribution in [0.1, 0.15) is 5.56 Å². The number of rotatable bonds is 2. The molecule has 0 aliphatic carbocycles. The molecular formula is C10H10N2O2. The van der Waals surface area contributed by atoms with Crippen molar-refractivity contribution < 1.29 is 10.0 Å². The highest BCUT2D eigenvalue weighted by atomic mass is 16.5. The molecule has 2 aromatic rings. The van der Waals surface area contributed by atoms with Gasteiger partial charge < -0.3 is 4.98 Å². The predicted molar refractivity (Wildman–Crippen MR) is 51.9 cm³/mol. The number of benzene rings is 1. The number of para-hydroxylation sites is 1. The second-order valence-electron chi connectivity index (χ2n) is 3.07. The van der Waals surface area contributed by atoms with Crippen LogP contribution >= 0.6 is 0 Å². The molecule has 4 heteroatoms. The van der Waals surface area contributed by atoms with Gasteiger partial charge in [0, 0.05) is 17.1 Å². The molecule has 0 atom stereocenters. The van der Waals surface area contributed by atoms with E-state index in [2.05, 4.69) is 4.98 Å². The number of aromatic nitrogens is 1. The van der Waals surface area contributed by atoms with Gasteiger partial charge in [-0.05, 0) is 11.6 Å². The average Bonchev–Trinajstić information content (AvgIpc) is 2.62. The molecule has 0 spiro atoms. The monoisotopic (exact) mass is 190 g/mol. The van der Waals surface area contributed by atoms with Crippen LogP contribution in [0.3, 0.4) is 0 Å². The summed E-state index contributed by atoms with van der Waals surface area (Å²) in [5, 5.41) is 9.41. The highest BCUT2D eigenvalue weighted by Crippen LogP contribution is 2.17. The molecule has 0 bridgehead atoms. The Labute approximate surface area is 80.5 Å². The van der Waals surface area contributed by atoms with E-state index in [1.807, 2.05) is 24.3 Å². The Morgan fingerprint density at radius 3 is 3.00 bits per heavy atom. The molecule has 0 saturated heterocycles. The number of nitrogens with one attached hydrogen (secondary N) is 2. The summed E-state index contributed by atoms with van der Waals surface area (Å²) in [6, 6.07) is 7.72. The summed E-state index contributed by atoms with van der Waals surface area (Å²) >= 11 is 0. The number of carbonyl (C=O) groups excluding carboxylic acids is 1. The minimum Gasteiger partial charge on any atom is -0.361 e. The molecule has 0 saturated carbocycles. The Morgan fingerprint density at radius 2 is 2.21 bits per heavy atom. The topological polar surface area (TPSA) is 65.1 Å². The van der Waals surface area contributed by atoms with Gasteiger partial charge in [-0.3, -0.25) is 10.0 Å². The zero-order valence-electron chi connectivity index (χ0n) is 7.45. The highest BCUT2D eigenvalue weighted by Gasteiger charge is 2.06. The Hall–Kier alpha value is -1.81. The number of H-pyrrole nitrogens is 1. The Morgan fingerprint density at radius 1 is 1.43 bits per heavy atom. The van der Waals surface area contributed by atoms with Crippen LogP contribution < -0.4 is 5.48 Å². The van der Waals surface area contributed by atoms with Gasteiger partial charge in [0.15, 0.2) is 0 Å². The largest absolute Gasteiger partial charge is 0.361 e. The van der Waals surface area contributed by atoms with E-state index < -0.39 is 5.91 Å². The molecule has 72 valence electrons. The summed E-state index contributed by atoms with van der Waals surface area (Å²) in [7, 11) is 0. The molecule has 0 fully saturated rings. The summed E-state index contributed by atoms with van der Waals surface area (Å²) < 4.78 is 0. The van der Waals surface area contributed by atoms with E-state index in [4.69, 9.17) is 5.21 Å². The molecule has 3 N–H and O–H groups in total. The molecule has 1 aromatic carbocycles. The Bertz CT molecular complexity index is 462. The highest BCUT2D eigenvalue weighted by molar-refractivity contribution is 5.88. The lowest BCUT2D eigenvalue weighted by molar-refractivity contribution is -0.128. The van der Waals surface area contributed by atoms with Crippen molar-refractivity contribution >= 4 is 16.8 Å². The maximum absolute atomic E-state index is 10.9. The fourth-order valence-corrected chi connectivity index (χ4v) is 1.49. The van der Waals surface area contributed by atoms with Gasteiger partial charge in [-0.15, -0.1) is 0 Å². The Balaban J connectivity index is 2.38. The van der Waals surface area contributed by atoms with Crippen molar-refractivity contribution in [2.24, 2.45) is 0 Å². The molecule has 1 heterocycles. The van der Waals surface area contributed by atoms with Crippen LogP contribution in [0.4, 0.5) is 0 Å². The van der Waals surface area contributed by atoms with E-state index in [-0.39, 0.29) is 6.42 Å². The number of hydrogen-bond donors (Lipinski definition) is 3. The molecule has 1 amide bonds. The third kappa shape index (κ3) is 1.47. The first-order valence-electron chi connectivity index (χ1n) is 4.29. The van der Waals surface area contributed by atoms with Gasteiger partial charge >= 0.3 is 0 Å². The normalized spacial score (nSPS) is 10.4. The van der Waals surface area contributed by atoms with Gasteiger partial charge in [0.05, 0.1) is 6.42 Å². The molecule has 2 rings (SSSR count). The van der Waals surface area contributed by atoms with Crippen LogP contribution in [-0.2, 0) is 11.2 Å². The summed E-state index contributed by atoms with van der Waals surface area (Å²) in [5.41, 5.74) is 3.49. The van der Waals surface area contributed by atoms with Crippen LogP contribution in [-0.4, -0.2) is 16.1 Å². The summed E-state index contributed by atoms with van der Waals surface area (Å²) in [4.78, 5) is 14.0. The van der Waals surface area contributed by atoms with Crippen molar-refractivity contribution in [1.82, 2.24) is 10.5 Å². The van der Waals surface area contributed by atoms with Gasteiger partial charge in [0.25, 0.3) is 0 Å². The molecule has 4 nitrogen and oxygen atoms in total. The molecule has 0 aliphatic heterocycles. The van der Waals surface area contributed by atoms with Crippen LogP contribution in [0.2, 0.25) is 0 Å². The van der Waals surface area contributed by atoms with E-state index in [9.17, 15) is 4.79 Å². The third-order valence-electron chi connectivity index (χ3n) is 2.15. The molecule has 1 aromatic heterocycles. The number of carbonyl (C=O) groups is 1.